The number of fused-ring (bicyclic) bond motifs is 1. The third-order valence-corrected chi connectivity index (χ3v) is 8.60. The Hall–Kier alpha value is -5.02. The Morgan fingerprint density at radius 1 is 0.980 bits per heavy atom. The van der Waals surface area contributed by atoms with Gasteiger partial charge in [-0.25, -0.2) is 9.78 Å². The van der Waals surface area contributed by atoms with Gasteiger partial charge in [-0.05, 0) is 74.3 Å². The highest BCUT2D eigenvalue weighted by atomic mass is 32.2. The largest absolute Gasteiger partial charge is 0.490 e. The summed E-state index contributed by atoms with van der Waals surface area (Å²) in [7, 11) is 0. The number of anilines is 2. The molecular formula is C35H38F3N5O6S. The van der Waals surface area contributed by atoms with E-state index in [1.165, 1.54) is 19.4 Å². The Bertz CT molecular complexity index is 1860. The number of hydrogen-bond donors (Lipinski definition) is 4. The van der Waals surface area contributed by atoms with Gasteiger partial charge in [0.15, 0.2) is 0 Å². The fourth-order valence-electron chi connectivity index (χ4n) is 4.95. The molecule has 5 rings (SSSR count). The van der Waals surface area contributed by atoms with E-state index in [0.29, 0.717) is 21.9 Å². The van der Waals surface area contributed by atoms with E-state index >= 15 is 0 Å². The lowest BCUT2D eigenvalue weighted by Crippen LogP contribution is -2.34. The number of likely N-dealkylation sites (tertiary alicyclic amines) is 1. The maximum atomic E-state index is 12.4. The van der Waals surface area contributed by atoms with E-state index in [9.17, 15) is 32.3 Å². The Kier molecular flexibility index (Phi) is 14.7. The van der Waals surface area contributed by atoms with Crippen molar-refractivity contribution in [3.8, 4) is 0 Å². The van der Waals surface area contributed by atoms with Crippen LogP contribution in [-0.4, -0.2) is 68.6 Å². The number of amides is 2. The number of aromatic amines is 1. The summed E-state index contributed by atoms with van der Waals surface area (Å²) in [6, 6.07) is 20.5. The van der Waals surface area contributed by atoms with E-state index in [-0.39, 0.29) is 17.4 Å². The van der Waals surface area contributed by atoms with E-state index in [0.717, 1.165) is 67.1 Å². The van der Waals surface area contributed by atoms with Gasteiger partial charge >= 0.3 is 12.1 Å². The summed E-state index contributed by atoms with van der Waals surface area (Å²) in [4.78, 5) is 63.6. The van der Waals surface area contributed by atoms with Gasteiger partial charge in [0.2, 0.25) is 11.8 Å². The predicted octanol–water partition coefficient (Wildman–Crippen LogP) is 6.18. The highest BCUT2D eigenvalue weighted by molar-refractivity contribution is 7.99. The predicted molar refractivity (Wildman–Crippen MR) is 187 cm³/mol. The van der Waals surface area contributed by atoms with Crippen molar-refractivity contribution < 1.29 is 37.5 Å². The van der Waals surface area contributed by atoms with Crippen LogP contribution in [0, 0.1) is 6.92 Å². The quantitative estimate of drug-likeness (QED) is 0.156. The maximum absolute atomic E-state index is 12.4. The van der Waals surface area contributed by atoms with Crippen molar-refractivity contribution in [2.45, 2.75) is 57.3 Å². The van der Waals surface area contributed by atoms with E-state index in [4.69, 9.17) is 14.9 Å². The molecule has 15 heteroatoms. The van der Waals surface area contributed by atoms with E-state index in [2.05, 4.69) is 26.6 Å². The van der Waals surface area contributed by atoms with Crippen LogP contribution >= 0.6 is 11.8 Å². The minimum Gasteiger partial charge on any atom is -0.475 e. The molecule has 11 nitrogen and oxygen atoms in total. The van der Waals surface area contributed by atoms with Gasteiger partial charge in [0, 0.05) is 42.6 Å². The maximum Gasteiger partial charge on any atom is 0.490 e. The second-order valence-corrected chi connectivity index (χ2v) is 12.7. The van der Waals surface area contributed by atoms with Crippen LogP contribution in [0.4, 0.5) is 24.5 Å². The number of benzene rings is 3. The lowest BCUT2D eigenvalue weighted by atomic mass is 10.1. The second-order valence-electron chi connectivity index (χ2n) is 11.4. The first-order valence-electron chi connectivity index (χ1n) is 15.5. The Morgan fingerprint density at radius 2 is 1.56 bits per heavy atom. The zero-order valence-corrected chi connectivity index (χ0v) is 28.5. The summed E-state index contributed by atoms with van der Waals surface area (Å²) < 4.78 is 31.7. The van der Waals surface area contributed by atoms with Crippen molar-refractivity contribution >= 4 is 58.1 Å². The zero-order chi connectivity index (χ0) is 36.8. The normalized spacial score (nSPS) is 13.2. The molecule has 0 bridgehead atoms. The number of aldehydes is 1. The van der Waals surface area contributed by atoms with E-state index in [1.54, 1.807) is 24.3 Å². The number of carbonyl (C=O) groups is 4. The molecule has 0 saturated carbocycles. The Balaban J connectivity index is 0.000000292. The lowest BCUT2D eigenvalue weighted by Gasteiger charge is -2.31. The number of hydrogen-bond acceptors (Lipinski definition) is 8. The molecule has 1 aliphatic heterocycles. The van der Waals surface area contributed by atoms with Crippen LogP contribution in [-0.2, 0) is 26.7 Å². The summed E-state index contributed by atoms with van der Waals surface area (Å²) in [5.74, 6) is -1.46. The number of H-pyrrole nitrogens is 1. The minimum atomic E-state index is -5.08. The number of para-hydroxylation sites is 1. The highest BCUT2D eigenvalue weighted by Crippen LogP contribution is 2.27. The fraction of sp³-hybridized carbons (Fsp3) is 0.314. The van der Waals surface area contributed by atoms with Crippen LogP contribution in [0.5, 0.6) is 0 Å². The minimum absolute atomic E-state index is 0.0487. The van der Waals surface area contributed by atoms with Crippen molar-refractivity contribution in [3.63, 3.8) is 0 Å². The van der Waals surface area contributed by atoms with E-state index in [1.807, 2.05) is 55.1 Å². The Morgan fingerprint density at radius 3 is 2.14 bits per heavy atom. The number of nitrogens with zero attached hydrogens (tertiary/aromatic N) is 2. The average Bonchev–Trinajstić information content (AvgIpc) is 3.05. The molecule has 266 valence electrons. The number of carboxylic acids is 1. The number of piperidine rings is 1. The molecule has 1 aliphatic rings. The van der Waals surface area contributed by atoms with Crippen LogP contribution in [0.2, 0.25) is 0 Å². The molecule has 1 fully saturated rings. The first kappa shape index (κ1) is 39.4. The molecule has 1 saturated heterocycles. The fourth-order valence-corrected chi connectivity index (χ4v) is 6.03. The molecule has 0 radical (unpaired) electrons. The number of nitrogens with one attached hydrogen (secondary N) is 3. The van der Waals surface area contributed by atoms with Crippen molar-refractivity contribution in [3.05, 3.63) is 99.6 Å². The average molecular weight is 714 g/mol. The van der Waals surface area contributed by atoms with Gasteiger partial charge < -0.3 is 20.7 Å². The third-order valence-electron chi connectivity index (χ3n) is 7.22. The topological polar surface area (TPSA) is 162 Å². The summed E-state index contributed by atoms with van der Waals surface area (Å²) in [5.41, 5.74) is 5.05. The summed E-state index contributed by atoms with van der Waals surface area (Å²) in [6.45, 7) is 7.93. The van der Waals surface area contributed by atoms with Crippen LogP contribution in [0.25, 0.3) is 10.9 Å². The molecule has 50 heavy (non-hydrogen) atoms. The third kappa shape index (κ3) is 13.1. The van der Waals surface area contributed by atoms with Crippen molar-refractivity contribution in [2.24, 2.45) is 0 Å². The van der Waals surface area contributed by atoms with Crippen molar-refractivity contribution in [1.29, 1.82) is 0 Å². The summed E-state index contributed by atoms with van der Waals surface area (Å²) in [5, 5.41) is 13.8. The van der Waals surface area contributed by atoms with Crippen molar-refractivity contribution in [2.75, 3.05) is 23.7 Å². The number of alkyl halides is 3. The van der Waals surface area contributed by atoms with Gasteiger partial charge in [-0.3, -0.25) is 24.1 Å². The van der Waals surface area contributed by atoms with Gasteiger partial charge in [-0.2, -0.15) is 24.9 Å². The first-order chi connectivity index (χ1) is 23.6. The monoisotopic (exact) mass is 713 g/mol. The molecule has 1 aromatic heterocycles. The van der Waals surface area contributed by atoms with Crippen LogP contribution in [0.3, 0.4) is 0 Å². The van der Waals surface area contributed by atoms with Crippen LogP contribution < -0.4 is 16.2 Å². The van der Waals surface area contributed by atoms with Gasteiger partial charge in [-0.15, -0.1) is 0 Å². The first-order valence-corrected chi connectivity index (χ1v) is 16.5. The second kappa shape index (κ2) is 18.7. The number of carbonyl (C=O) groups excluding carboxylic acids is 3. The molecular weight excluding hydrogens is 675 g/mol. The number of aromatic nitrogens is 2. The molecule has 2 heterocycles. The zero-order valence-electron chi connectivity index (χ0n) is 27.7. The molecule has 4 aromatic rings. The Labute approximate surface area is 290 Å². The molecule has 0 atom stereocenters. The van der Waals surface area contributed by atoms with Gasteiger partial charge in [0.1, 0.15) is 12.1 Å². The molecule has 2 amide bonds. The number of aryl methyl sites for hydroxylation is 1. The van der Waals surface area contributed by atoms with Crippen LogP contribution in [0.1, 0.15) is 54.0 Å². The van der Waals surface area contributed by atoms with Gasteiger partial charge in [0.25, 0.3) is 5.56 Å². The van der Waals surface area contributed by atoms with E-state index < -0.39 is 12.1 Å². The molecule has 3 aromatic carbocycles. The molecule has 0 unspecified atom stereocenters. The summed E-state index contributed by atoms with van der Waals surface area (Å²) in [6.07, 6.45) is -2.11. The SMILES string of the molecule is CC(=O)Nc1cccc(C=O)c1.CC(=O)Nc1cccc(CN2CCC(SCc3nc4c(C)cccc4c(=O)[nH]3)CC2)c1.O=C(O)C(F)(F)F. The lowest BCUT2D eigenvalue weighted by molar-refractivity contribution is -0.192. The van der Waals surface area contributed by atoms with Crippen LogP contribution in [0.15, 0.2) is 71.5 Å². The number of thioether (sulfide) groups is 1. The van der Waals surface area contributed by atoms with Gasteiger partial charge in [-0.1, -0.05) is 36.4 Å². The van der Waals surface area contributed by atoms with Gasteiger partial charge in [0.05, 0.1) is 16.7 Å². The number of rotatable bonds is 8. The molecule has 0 spiro atoms. The smallest absolute Gasteiger partial charge is 0.475 e. The highest BCUT2D eigenvalue weighted by Gasteiger charge is 2.38. The number of aliphatic carboxylic acids is 1. The molecule has 4 N–H and O–H groups in total. The number of halogens is 3. The molecule has 0 aliphatic carbocycles. The number of carboxylic acid groups (broad SMARTS) is 1. The van der Waals surface area contributed by atoms with Crippen molar-refractivity contribution in [1.82, 2.24) is 14.9 Å². The summed E-state index contributed by atoms with van der Waals surface area (Å²) >= 11 is 1.88. The standard InChI is InChI=1S/C24H28N4O2S.C9H9NO2.C2HF3O2/c1-16-5-3-8-21-23(16)26-22(27-24(21)30)15-31-20-9-11-28(12-10-20)14-18-6-4-7-19(13-18)25-17(2)29;1-7(12)10-9-4-2-3-8(5-9)6-11;3-2(4,5)1(6)7/h3-8,13,20H,9-12,14-15H2,1-2H3,(H,25,29)(H,26,27,30);2-6H,1H3,(H,10,12);(H,6,7).